The molecule has 2 aliphatic rings. The van der Waals surface area contributed by atoms with Crippen molar-refractivity contribution in [2.45, 2.75) is 29.8 Å². The summed E-state index contributed by atoms with van der Waals surface area (Å²) in [6, 6.07) is 0. The van der Waals surface area contributed by atoms with E-state index >= 15 is 0 Å². The lowest BCUT2D eigenvalue weighted by Gasteiger charge is -2.29. The Morgan fingerprint density at radius 1 is 1.12 bits per heavy atom. The van der Waals surface area contributed by atoms with Gasteiger partial charge in [0.15, 0.2) is 0 Å². The average Bonchev–Trinajstić information content (AvgIpc) is 2.99. The van der Waals surface area contributed by atoms with Gasteiger partial charge in [0.1, 0.15) is 9.03 Å². The summed E-state index contributed by atoms with van der Waals surface area (Å²) >= 11 is 10.2. The summed E-state index contributed by atoms with van der Waals surface area (Å²) < 4.78 is 11.9. The van der Waals surface area contributed by atoms with E-state index in [0.717, 1.165) is 30.3 Å². The van der Waals surface area contributed by atoms with Crippen LogP contribution in [-0.4, -0.2) is 93.9 Å². The molecule has 3 atom stereocenters. The molecule has 10 heteroatoms. The summed E-state index contributed by atoms with van der Waals surface area (Å²) in [4.78, 5) is 4.31. The third-order valence-corrected chi connectivity index (χ3v) is 8.09. The highest BCUT2D eigenvalue weighted by Gasteiger charge is 2.25. The third kappa shape index (κ3) is 6.81. The molecule has 0 saturated carbocycles. The number of rotatable bonds is 5. The zero-order chi connectivity index (χ0) is 17.4. The molecule has 2 aliphatic heterocycles. The van der Waals surface area contributed by atoms with E-state index in [1.807, 2.05) is 0 Å². The van der Waals surface area contributed by atoms with E-state index in [-0.39, 0.29) is 30.1 Å². The van der Waals surface area contributed by atoms with Gasteiger partial charge in [0, 0.05) is 39.4 Å². The first-order valence-electron chi connectivity index (χ1n) is 8.13. The summed E-state index contributed by atoms with van der Waals surface area (Å²) in [6.45, 7) is 4.44. The minimum atomic E-state index is -0.170. The van der Waals surface area contributed by atoms with Crippen LogP contribution in [0.4, 0.5) is 0 Å². The van der Waals surface area contributed by atoms with Gasteiger partial charge in [-0.2, -0.15) is 0 Å². The van der Waals surface area contributed by atoms with Crippen LogP contribution < -0.4 is 0 Å². The van der Waals surface area contributed by atoms with E-state index in [1.165, 1.54) is 10.8 Å². The van der Waals surface area contributed by atoms with Crippen molar-refractivity contribution in [2.75, 3.05) is 52.6 Å². The van der Waals surface area contributed by atoms with Crippen LogP contribution in [0.15, 0.2) is 0 Å². The Hall–Kier alpha value is 0.740. The molecule has 2 heterocycles. The Kier molecular flexibility index (Phi) is 10.0. The zero-order valence-electron chi connectivity index (χ0n) is 13.6. The van der Waals surface area contributed by atoms with Crippen molar-refractivity contribution in [3.05, 3.63) is 0 Å². The van der Waals surface area contributed by atoms with Crippen LogP contribution in [0.1, 0.15) is 12.8 Å². The van der Waals surface area contributed by atoms with Crippen LogP contribution in [-0.2, 0) is 9.47 Å². The molecular formula is C14H26N2O4S4. The van der Waals surface area contributed by atoms with Crippen molar-refractivity contribution in [1.82, 2.24) is 9.80 Å². The fourth-order valence-electron chi connectivity index (χ4n) is 2.60. The topological polar surface area (TPSA) is 65.4 Å². The number of thiocarbonyl (C=S) groups is 1. The second kappa shape index (κ2) is 11.5. The summed E-state index contributed by atoms with van der Waals surface area (Å²) in [5.74, 6) is 0. The highest BCUT2D eigenvalue weighted by molar-refractivity contribution is 8.84. The van der Waals surface area contributed by atoms with Crippen LogP contribution >= 0.6 is 46.4 Å². The molecule has 0 amide bonds. The molecular weight excluding hydrogens is 388 g/mol. The number of ether oxygens (including phenoxy) is 2. The quantitative estimate of drug-likeness (QED) is 0.265. The van der Waals surface area contributed by atoms with Crippen molar-refractivity contribution < 1.29 is 19.7 Å². The number of aliphatic hydroxyl groups is 2. The van der Waals surface area contributed by atoms with E-state index in [4.69, 9.17) is 21.7 Å². The monoisotopic (exact) mass is 414 g/mol. The van der Waals surface area contributed by atoms with Crippen LogP contribution in [0.2, 0.25) is 0 Å². The maximum atomic E-state index is 9.33. The molecule has 24 heavy (non-hydrogen) atoms. The molecule has 0 aromatic carbocycles. The van der Waals surface area contributed by atoms with Gasteiger partial charge < -0.3 is 24.6 Å². The minimum absolute atomic E-state index is 0.0134. The van der Waals surface area contributed by atoms with Gasteiger partial charge >= 0.3 is 0 Å². The van der Waals surface area contributed by atoms with Crippen LogP contribution in [0, 0.1) is 0 Å². The fourth-order valence-corrected chi connectivity index (χ4v) is 5.66. The Morgan fingerprint density at radius 3 is 2.42 bits per heavy atom. The number of hydrogen-bond donors (Lipinski definition) is 3. The van der Waals surface area contributed by atoms with Crippen LogP contribution in [0.5, 0.6) is 0 Å². The molecule has 3 unspecified atom stereocenters. The van der Waals surface area contributed by atoms with E-state index in [2.05, 4.69) is 22.4 Å². The molecule has 0 aromatic heterocycles. The largest absolute Gasteiger partial charge is 0.394 e. The first-order chi connectivity index (χ1) is 11.6. The van der Waals surface area contributed by atoms with Crippen molar-refractivity contribution in [2.24, 2.45) is 0 Å². The summed E-state index contributed by atoms with van der Waals surface area (Å²) in [6.07, 6.45) is 1.53. The van der Waals surface area contributed by atoms with E-state index < -0.39 is 0 Å². The van der Waals surface area contributed by atoms with Gasteiger partial charge in [-0.25, -0.2) is 0 Å². The van der Waals surface area contributed by atoms with E-state index in [0.29, 0.717) is 26.3 Å². The van der Waals surface area contributed by atoms with Gasteiger partial charge in [-0.15, -0.1) is 12.6 Å². The standard InChI is InChI=1S/C14H26N2O4S4/c17-9-11-7-15(3-1-5-19-11)13(21)23-24-14(22)16-4-2-6-20-12(8-16)10-18/h11-13,17-18,21H,1-10H2. The van der Waals surface area contributed by atoms with Crippen LogP contribution in [0.25, 0.3) is 0 Å². The summed E-state index contributed by atoms with van der Waals surface area (Å²) in [5, 5.41) is 18.7. The highest BCUT2D eigenvalue weighted by Crippen LogP contribution is 2.34. The van der Waals surface area contributed by atoms with Crippen molar-refractivity contribution in [1.29, 1.82) is 0 Å². The molecule has 2 N–H and O–H groups in total. The molecule has 6 nitrogen and oxygen atoms in total. The van der Waals surface area contributed by atoms with Gasteiger partial charge in [-0.05, 0) is 23.6 Å². The van der Waals surface area contributed by atoms with Gasteiger partial charge in [0.05, 0.1) is 25.4 Å². The lowest BCUT2D eigenvalue weighted by atomic mass is 10.3. The number of aliphatic hydroxyl groups excluding tert-OH is 2. The fraction of sp³-hybridized carbons (Fsp3) is 0.929. The van der Waals surface area contributed by atoms with Crippen molar-refractivity contribution in [3.63, 3.8) is 0 Å². The molecule has 2 rings (SSSR count). The smallest absolute Gasteiger partial charge is 0.147 e. The van der Waals surface area contributed by atoms with Gasteiger partial charge in [0.2, 0.25) is 0 Å². The highest BCUT2D eigenvalue weighted by atomic mass is 33.1. The predicted octanol–water partition coefficient (Wildman–Crippen LogP) is 1.03. The average molecular weight is 415 g/mol. The first-order valence-corrected chi connectivity index (χ1v) is 11.3. The Bertz CT molecular complexity index is 394. The molecule has 0 spiro atoms. The predicted molar refractivity (Wildman–Crippen MR) is 107 cm³/mol. The normalized spacial score (nSPS) is 28.2. The molecule has 140 valence electrons. The molecule has 0 radical (unpaired) electrons. The molecule has 0 bridgehead atoms. The summed E-state index contributed by atoms with van der Waals surface area (Å²) in [5.41, 5.74) is 0. The lowest BCUT2D eigenvalue weighted by Crippen LogP contribution is -2.38. The van der Waals surface area contributed by atoms with Crippen molar-refractivity contribution in [3.8, 4) is 0 Å². The molecule has 2 saturated heterocycles. The molecule has 0 aliphatic carbocycles. The van der Waals surface area contributed by atoms with E-state index in [9.17, 15) is 10.2 Å². The Morgan fingerprint density at radius 2 is 1.75 bits per heavy atom. The molecule has 2 fully saturated rings. The van der Waals surface area contributed by atoms with Gasteiger partial charge in [0.25, 0.3) is 0 Å². The third-order valence-electron chi connectivity index (χ3n) is 3.91. The first kappa shape index (κ1) is 21.0. The number of nitrogens with zero attached hydrogens (tertiary/aromatic N) is 2. The second-order valence-electron chi connectivity index (χ2n) is 5.77. The van der Waals surface area contributed by atoms with Gasteiger partial charge in [-0.3, -0.25) is 4.90 Å². The minimum Gasteiger partial charge on any atom is -0.394 e. The number of hydrogen-bond acceptors (Lipinski definition) is 9. The van der Waals surface area contributed by atoms with E-state index in [1.54, 1.807) is 10.8 Å². The zero-order valence-corrected chi connectivity index (χ0v) is 16.9. The maximum absolute atomic E-state index is 9.33. The van der Waals surface area contributed by atoms with Crippen LogP contribution in [0.3, 0.4) is 0 Å². The lowest BCUT2D eigenvalue weighted by molar-refractivity contribution is 0.0148. The SMILES string of the molecule is OCC1CN(C(=S)SSC(S)N2CCCOC(CO)C2)CCCO1. The Labute approximate surface area is 162 Å². The Balaban J connectivity index is 1.79. The van der Waals surface area contributed by atoms with Crippen molar-refractivity contribution >= 4 is 50.8 Å². The number of thiol groups is 1. The molecule has 0 aromatic rings. The summed E-state index contributed by atoms with van der Waals surface area (Å²) in [7, 11) is 3.14. The second-order valence-corrected chi connectivity index (χ2v) is 9.52. The maximum Gasteiger partial charge on any atom is 0.147 e. The van der Waals surface area contributed by atoms with Gasteiger partial charge in [-0.1, -0.05) is 23.0 Å².